The molecule has 0 bridgehead atoms. The Morgan fingerprint density at radius 2 is 2.08 bits per heavy atom. The summed E-state index contributed by atoms with van der Waals surface area (Å²) in [5, 5.41) is 2.78. The smallest absolute Gasteiger partial charge is 0.216 e. The lowest BCUT2D eigenvalue weighted by atomic mass is 10.00. The maximum Gasteiger partial charge on any atom is 0.216 e. The van der Waals surface area contributed by atoms with Gasteiger partial charge in [-0.1, -0.05) is 18.2 Å². The van der Waals surface area contributed by atoms with Crippen molar-refractivity contribution in [1.82, 2.24) is 5.32 Å². The first-order valence-corrected chi connectivity index (χ1v) is 7.74. The highest BCUT2D eigenvalue weighted by molar-refractivity contribution is 6.05. The lowest BCUT2D eigenvalue weighted by Crippen LogP contribution is -2.38. The number of nitrogens with zero attached hydrogens (tertiary/aromatic N) is 2. The molecule has 0 radical (unpaired) electrons. The zero-order valence-corrected chi connectivity index (χ0v) is 13.4. The van der Waals surface area contributed by atoms with Gasteiger partial charge in [0, 0.05) is 31.3 Å². The van der Waals surface area contributed by atoms with Gasteiger partial charge in [0.25, 0.3) is 0 Å². The Kier molecular flexibility index (Phi) is 4.46. The molecule has 2 aromatic rings. The molecule has 2 aromatic carbocycles. The fourth-order valence-corrected chi connectivity index (χ4v) is 2.75. The molecule has 0 saturated carbocycles. The molecule has 1 amide bonds. The first kappa shape index (κ1) is 16.0. The Morgan fingerprint density at radius 3 is 2.83 bits per heavy atom. The average Bonchev–Trinajstić information content (AvgIpc) is 2.56. The Morgan fingerprint density at radius 1 is 1.29 bits per heavy atom. The van der Waals surface area contributed by atoms with Gasteiger partial charge in [0.05, 0.1) is 0 Å². The third kappa shape index (κ3) is 3.37. The Bertz CT molecular complexity index is 803. The van der Waals surface area contributed by atoms with E-state index in [4.69, 9.17) is 5.73 Å². The normalized spacial score (nSPS) is 13.2. The molecule has 0 atom stereocenters. The maximum absolute atomic E-state index is 13.4. The number of amides is 1. The molecule has 0 saturated heterocycles. The van der Waals surface area contributed by atoms with Crippen LogP contribution in [0.4, 0.5) is 10.1 Å². The first-order valence-electron chi connectivity index (χ1n) is 7.74. The standard InChI is InChI=1S/C18H19FN4O/c1-12(24)21-7-8-23-11-22-18(20)16-10-14(5-6-17(16)23)13-3-2-4-15(19)9-13/h2-6,9-10H,7-8,11H2,1H3,(H2,20,22)(H,21,24). The number of fused-ring (bicyclic) bond motifs is 1. The number of carbonyl (C=O) groups is 1. The number of nitrogens with one attached hydrogen (secondary N) is 1. The van der Waals surface area contributed by atoms with Crippen LogP contribution in [0.1, 0.15) is 12.5 Å². The minimum absolute atomic E-state index is 0.0586. The van der Waals surface area contributed by atoms with Crippen molar-refractivity contribution in [2.45, 2.75) is 6.92 Å². The fraction of sp³-hybridized carbons (Fsp3) is 0.222. The molecule has 0 aliphatic carbocycles. The van der Waals surface area contributed by atoms with Gasteiger partial charge < -0.3 is 16.0 Å². The zero-order chi connectivity index (χ0) is 17.1. The van der Waals surface area contributed by atoms with Gasteiger partial charge in [-0.15, -0.1) is 0 Å². The van der Waals surface area contributed by atoms with Crippen molar-refractivity contribution in [3.8, 4) is 11.1 Å². The number of hydrogen-bond acceptors (Lipinski definition) is 4. The SMILES string of the molecule is CC(=O)NCCN1CN=C(N)c2cc(-c3cccc(F)c3)ccc21. The van der Waals surface area contributed by atoms with Crippen molar-refractivity contribution >= 4 is 17.4 Å². The number of anilines is 1. The number of benzene rings is 2. The van der Waals surface area contributed by atoms with Crippen molar-refractivity contribution in [1.29, 1.82) is 0 Å². The first-order chi connectivity index (χ1) is 11.5. The van der Waals surface area contributed by atoms with Crippen LogP contribution in [0.5, 0.6) is 0 Å². The number of amidine groups is 1. The molecule has 24 heavy (non-hydrogen) atoms. The van der Waals surface area contributed by atoms with Gasteiger partial charge in [-0.05, 0) is 35.4 Å². The van der Waals surface area contributed by atoms with E-state index < -0.39 is 0 Å². The molecule has 0 fully saturated rings. The van der Waals surface area contributed by atoms with Crippen molar-refractivity contribution in [3.63, 3.8) is 0 Å². The molecule has 1 heterocycles. The minimum Gasteiger partial charge on any atom is -0.383 e. The molecular weight excluding hydrogens is 307 g/mol. The topological polar surface area (TPSA) is 70.7 Å². The van der Waals surface area contributed by atoms with Crippen LogP contribution >= 0.6 is 0 Å². The summed E-state index contributed by atoms with van der Waals surface area (Å²) in [6, 6.07) is 12.3. The molecule has 6 heteroatoms. The predicted octanol–water partition coefficient (Wildman–Crippen LogP) is 2.11. The molecule has 0 unspecified atom stereocenters. The fourth-order valence-electron chi connectivity index (χ4n) is 2.75. The average molecular weight is 326 g/mol. The van der Waals surface area contributed by atoms with Gasteiger partial charge in [-0.2, -0.15) is 0 Å². The largest absolute Gasteiger partial charge is 0.383 e. The van der Waals surface area contributed by atoms with Crippen LogP contribution in [-0.2, 0) is 4.79 Å². The van der Waals surface area contributed by atoms with Crippen molar-refractivity contribution in [3.05, 3.63) is 53.8 Å². The number of rotatable bonds is 4. The number of halogens is 1. The quantitative estimate of drug-likeness (QED) is 0.904. The van der Waals surface area contributed by atoms with Crippen LogP contribution in [0, 0.1) is 5.82 Å². The molecule has 3 N–H and O–H groups in total. The van der Waals surface area contributed by atoms with Gasteiger partial charge in [0.1, 0.15) is 18.3 Å². The number of aliphatic imine (C=N–C) groups is 1. The summed E-state index contributed by atoms with van der Waals surface area (Å²) < 4.78 is 13.4. The summed E-state index contributed by atoms with van der Waals surface area (Å²) in [6.07, 6.45) is 0. The third-order valence-electron chi connectivity index (χ3n) is 3.94. The highest BCUT2D eigenvalue weighted by Crippen LogP contribution is 2.29. The van der Waals surface area contributed by atoms with Crippen molar-refractivity contribution in [2.24, 2.45) is 10.7 Å². The van der Waals surface area contributed by atoms with Crippen molar-refractivity contribution < 1.29 is 9.18 Å². The van der Waals surface area contributed by atoms with Crippen molar-refractivity contribution in [2.75, 3.05) is 24.7 Å². The lowest BCUT2D eigenvalue weighted by Gasteiger charge is -2.29. The molecule has 1 aliphatic rings. The minimum atomic E-state index is -0.274. The van der Waals surface area contributed by atoms with E-state index in [1.54, 1.807) is 6.07 Å². The Balaban J connectivity index is 1.89. The van der Waals surface area contributed by atoms with Gasteiger partial charge >= 0.3 is 0 Å². The molecular formula is C18H19FN4O. The molecule has 3 rings (SSSR count). The zero-order valence-electron chi connectivity index (χ0n) is 13.4. The monoisotopic (exact) mass is 326 g/mol. The van der Waals surface area contributed by atoms with E-state index in [0.29, 0.717) is 25.6 Å². The van der Waals surface area contributed by atoms with Gasteiger partial charge in [0.2, 0.25) is 5.91 Å². The Hall–Kier alpha value is -2.89. The lowest BCUT2D eigenvalue weighted by molar-refractivity contribution is -0.118. The summed E-state index contributed by atoms with van der Waals surface area (Å²) in [7, 11) is 0. The van der Waals surface area contributed by atoms with Crippen LogP contribution < -0.4 is 16.0 Å². The second-order valence-corrected chi connectivity index (χ2v) is 5.67. The summed E-state index contributed by atoms with van der Waals surface area (Å²) in [5.74, 6) is 0.138. The highest BCUT2D eigenvalue weighted by atomic mass is 19.1. The summed E-state index contributed by atoms with van der Waals surface area (Å²) >= 11 is 0. The second-order valence-electron chi connectivity index (χ2n) is 5.67. The number of nitrogens with two attached hydrogens (primary N) is 1. The van der Waals surface area contributed by atoms with E-state index >= 15 is 0 Å². The molecule has 1 aliphatic heterocycles. The molecule has 5 nitrogen and oxygen atoms in total. The molecule has 124 valence electrons. The molecule has 0 spiro atoms. The second kappa shape index (κ2) is 6.70. The van der Waals surface area contributed by atoms with E-state index in [-0.39, 0.29) is 11.7 Å². The van der Waals surface area contributed by atoms with E-state index in [1.165, 1.54) is 19.1 Å². The Labute approximate surface area is 140 Å². The van der Waals surface area contributed by atoms with Gasteiger partial charge in [-0.25, -0.2) is 9.38 Å². The number of carbonyl (C=O) groups excluding carboxylic acids is 1. The van der Waals surface area contributed by atoms with E-state index in [1.807, 2.05) is 24.3 Å². The van der Waals surface area contributed by atoms with Crippen LogP contribution in [0.3, 0.4) is 0 Å². The maximum atomic E-state index is 13.4. The highest BCUT2D eigenvalue weighted by Gasteiger charge is 2.19. The third-order valence-corrected chi connectivity index (χ3v) is 3.94. The summed E-state index contributed by atoms with van der Waals surface area (Å²) in [4.78, 5) is 17.4. The summed E-state index contributed by atoms with van der Waals surface area (Å²) in [6.45, 7) is 3.13. The summed E-state index contributed by atoms with van der Waals surface area (Å²) in [5.41, 5.74) is 9.51. The predicted molar refractivity (Wildman–Crippen MR) is 93.5 cm³/mol. The van der Waals surface area contributed by atoms with E-state index in [9.17, 15) is 9.18 Å². The number of hydrogen-bond donors (Lipinski definition) is 2. The van der Waals surface area contributed by atoms with Crippen LogP contribution in [0.25, 0.3) is 11.1 Å². The van der Waals surface area contributed by atoms with Crippen LogP contribution in [0.2, 0.25) is 0 Å². The van der Waals surface area contributed by atoms with Gasteiger partial charge in [-0.3, -0.25) is 4.79 Å². The van der Waals surface area contributed by atoms with E-state index in [0.717, 1.165) is 22.4 Å². The van der Waals surface area contributed by atoms with E-state index in [2.05, 4.69) is 15.2 Å². The van der Waals surface area contributed by atoms with Gasteiger partial charge in [0.15, 0.2) is 0 Å². The molecule has 0 aromatic heterocycles. The van der Waals surface area contributed by atoms with Crippen LogP contribution in [0.15, 0.2) is 47.5 Å². The van der Waals surface area contributed by atoms with Crippen LogP contribution in [-0.4, -0.2) is 31.5 Å².